The molecule has 6 rings (SSSR count). The van der Waals surface area contributed by atoms with E-state index in [2.05, 4.69) is 18.2 Å². The van der Waals surface area contributed by atoms with Crippen LogP contribution in [0.3, 0.4) is 0 Å². The van der Waals surface area contributed by atoms with Crippen molar-refractivity contribution in [2.45, 2.75) is 105 Å². The summed E-state index contributed by atoms with van der Waals surface area (Å²) >= 11 is 4.72. The summed E-state index contributed by atoms with van der Waals surface area (Å²) in [5, 5.41) is 0. The van der Waals surface area contributed by atoms with Gasteiger partial charge in [-0.3, -0.25) is 14.4 Å². The van der Waals surface area contributed by atoms with Crippen molar-refractivity contribution >= 4 is 73.1 Å². The number of hydrogen-bond donors (Lipinski definition) is 0. The predicted molar refractivity (Wildman–Crippen MR) is 247 cm³/mol. The average molecular weight is 893 g/mol. The summed E-state index contributed by atoms with van der Waals surface area (Å²) in [4.78, 5) is 44.5. The van der Waals surface area contributed by atoms with Crippen molar-refractivity contribution in [1.82, 2.24) is 0 Å². The molecule has 0 aromatic heterocycles. The molecule has 0 saturated carbocycles. The van der Waals surface area contributed by atoms with Crippen LogP contribution in [-0.4, -0.2) is 32.0 Å². The van der Waals surface area contributed by atoms with E-state index in [1.807, 2.05) is 130 Å². The molecule has 0 heterocycles. The first kappa shape index (κ1) is 45.2. The summed E-state index contributed by atoms with van der Waals surface area (Å²) in [7, 11) is -6.88. The van der Waals surface area contributed by atoms with Crippen LogP contribution in [0.5, 0.6) is 0 Å². The lowest BCUT2D eigenvalue weighted by atomic mass is 10.0. The highest BCUT2D eigenvalue weighted by molar-refractivity contribution is 8.33. The molecule has 0 radical (unpaired) electrons. The van der Waals surface area contributed by atoms with Crippen LogP contribution < -0.4 is 0 Å². The Balaban J connectivity index is 1.42. The molecule has 11 heteroatoms. The molecule has 0 fully saturated rings. The number of rotatable bonds is 17. The van der Waals surface area contributed by atoms with Crippen molar-refractivity contribution in [2.75, 3.05) is 6.26 Å². The molecule has 0 unspecified atom stereocenters. The van der Waals surface area contributed by atoms with Gasteiger partial charge in [0.15, 0.2) is 17.3 Å². The standard InChI is InChI=1S/C49H48O6S5/c1-8-35-29-41(17-26-47(35)32(4)50)56-38-11-20-44(21-12-38)60(55-59(7,53)54,45-22-13-39(14-23-45)57-42-18-27-48(33(5)51)36(9-2)30-42)46-24-15-40(16-25-46)58-43-19-28-49(34(6)52)37(10-3)31-43/h11-31H,8-10H2,1-7H3. The first-order valence-corrected chi connectivity index (χ1v) is 25.5. The minimum absolute atomic E-state index is 0.0408. The molecule has 0 amide bonds. The van der Waals surface area contributed by atoms with Gasteiger partial charge in [0, 0.05) is 60.7 Å². The normalized spacial score (nSPS) is 12.0. The van der Waals surface area contributed by atoms with E-state index in [9.17, 15) is 22.8 Å². The topological polar surface area (TPSA) is 94.6 Å². The molecule has 6 aromatic carbocycles. The van der Waals surface area contributed by atoms with Crippen LogP contribution in [0.2, 0.25) is 0 Å². The van der Waals surface area contributed by atoms with Gasteiger partial charge in [-0.1, -0.05) is 74.3 Å². The molecule has 310 valence electrons. The highest BCUT2D eigenvalue weighted by atomic mass is 32.3. The summed E-state index contributed by atoms with van der Waals surface area (Å²) < 4.78 is 33.2. The van der Waals surface area contributed by atoms with E-state index in [0.29, 0.717) is 14.7 Å². The smallest absolute Gasteiger partial charge is 0.274 e. The Morgan fingerprint density at radius 3 is 0.900 bits per heavy atom. The molecule has 0 bridgehead atoms. The molecule has 0 N–H and O–H groups in total. The van der Waals surface area contributed by atoms with Crippen molar-refractivity contribution in [3.8, 4) is 0 Å². The maximum atomic E-state index is 13.4. The molecule has 6 nitrogen and oxygen atoms in total. The number of carbonyl (C=O) groups is 3. The maximum Gasteiger partial charge on any atom is 0.274 e. The molecule has 0 spiro atoms. The zero-order valence-electron chi connectivity index (χ0n) is 34.7. The fourth-order valence-electron chi connectivity index (χ4n) is 7.03. The minimum atomic E-state index is -4.02. The second-order valence-corrected chi connectivity index (χ2v) is 22.2. The predicted octanol–water partition coefficient (Wildman–Crippen LogP) is 13.6. The SMILES string of the molecule is CCc1cc(Sc2ccc(S(OS(C)(=O)=O)(c3ccc(Sc4ccc(C(C)=O)c(CC)c4)cc3)c3ccc(Sc4ccc(C(C)=O)c(CC)c4)cc3)cc2)ccc1C(C)=O. The van der Waals surface area contributed by atoms with Crippen molar-refractivity contribution in [1.29, 1.82) is 0 Å². The van der Waals surface area contributed by atoms with E-state index < -0.39 is 20.4 Å². The molecule has 0 aliphatic heterocycles. The van der Waals surface area contributed by atoms with Gasteiger partial charge in [0.25, 0.3) is 10.1 Å². The number of Topliss-reactive ketones (excluding diaryl/α,β-unsaturated/α-hetero) is 3. The van der Waals surface area contributed by atoms with Gasteiger partial charge in [-0.2, -0.15) is 8.42 Å². The fourth-order valence-corrected chi connectivity index (χ4v) is 14.5. The molecular formula is C49H48O6S5. The Hall–Kier alpha value is -4.36. The number of benzene rings is 6. The fraction of sp³-hybridized carbons (Fsp3) is 0.204. The van der Waals surface area contributed by atoms with Crippen LogP contribution in [0.25, 0.3) is 0 Å². The Labute approximate surface area is 369 Å². The summed E-state index contributed by atoms with van der Waals surface area (Å²) in [6.07, 6.45) is 3.31. The molecule has 60 heavy (non-hydrogen) atoms. The van der Waals surface area contributed by atoms with Gasteiger partial charge in [0.1, 0.15) is 0 Å². The molecule has 0 aliphatic carbocycles. The summed E-state index contributed by atoms with van der Waals surface area (Å²) in [6.45, 7) is 10.9. The summed E-state index contributed by atoms with van der Waals surface area (Å²) in [5.41, 5.74) is 5.17. The van der Waals surface area contributed by atoms with Crippen molar-refractivity contribution in [3.05, 3.63) is 161 Å². The monoisotopic (exact) mass is 892 g/mol. The summed E-state index contributed by atoms with van der Waals surface area (Å²) in [6, 6.07) is 41.3. The second-order valence-electron chi connectivity index (χ2n) is 14.2. The van der Waals surface area contributed by atoms with Gasteiger partial charge >= 0.3 is 0 Å². The van der Waals surface area contributed by atoms with Crippen LogP contribution in [0.15, 0.2) is 171 Å². The van der Waals surface area contributed by atoms with Gasteiger partial charge in [-0.05, 0) is 176 Å². The number of ketones is 3. The Kier molecular flexibility index (Phi) is 14.7. The Morgan fingerprint density at radius 1 is 0.433 bits per heavy atom. The minimum Gasteiger partial charge on any atom is -0.295 e. The van der Waals surface area contributed by atoms with Crippen LogP contribution in [0.4, 0.5) is 0 Å². The van der Waals surface area contributed by atoms with Gasteiger partial charge in [-0.25, -0.2) is 3.63 Å². The highest BCUT2D eigenvalue weighted by Gasteiger charge is 2.36. The average Bonchev–Trinajstić information content (AvgIpc) is 3.23. The third kappa shape index (κ3) is 10.6. The third-order valence-electron chi connectivity index (χ3n) is 9.91. The van der Waals surface area contributed by atoms with E-state index in [4.69, 9.17) is 3.63 Å². The first-order valence-electron chi connectivity index (χ1n) is 19.6. The van der Waals surface area contributed by atoms with Crippen LogP contribution in [0.1, 0.15) is 89.3 Å². The lowest BCUT2D eigenvalue weighted by molar-refractivity contribution is 0.100. The quantitative estimate of drug-likeness (QED) is 0.0830. The number of hydrogen-bond acceptors (Lipinski definition) is 9. The zero-order valence-corrected chi connectivity index (χ0v) is 38.8. The molecular weight excluding hydrogens is 845 g/mol. The lowest BCUT2D eigenvalue weighted by Gasteiger charge is -2.39. The zero-order chi connectivity index (χ0) is 43.2. The van der Waals surface area contributed by atoms with E-state index in [1.165, 1.54) is 0 Å². The van der Waals surface area contributed by atoms with Gasteiger partial charge in [0.05, 0.1) is 6.26 Å². The molecule has 0 atom stereocenters. The van der Waals surface area contributed by atoms with Crippen molar-refractivity contribution in [2.24, 2.45) is 0 Å². The van der Waals surface area contributed by atoms with Gasteiger partial charge in [-0.15, -0.1) is 0 Å². The second kappa shape index (κ2) is 19.6. The van der Waals surface area contributed by atoms with Crippen LogP contribution in [0, 0.1) is 0 Å². The van der Waals surface area contributed by atoms with Gasteiger partial charge < -0.3 is 0 Å². The lowest BCUT2D eigenvalue weighted by Crippen LogP contribution is -2.13. The maximum absolute atomic E-state index is 13.4. The number of carbonyl (C=O) groups excluding carboxylic acids is 3. The van der Waals surface area contributed by atoms with E-state index in [1.54, 1.807) is 56.1 Å². The Morgan fingerprint density at radius 2 is 0.683 bits per heavy atom. The van der Waals surface area contributed by atoms with E-state index >= 15 is 0 Å². The van der Waals surface area contributed by atoms with Crippen molar-refractivity contribution < 1.29 is 26.4 Å². The molecule has 0 saturated heterocycles. The molecule has 6 aromatic rings. The van der Waals surface area contributed by atoms with Crippen LogP contribution in [-0.2, 0) is 33.0 Å². The largest absolute Gasteiger partial charge is 0.295 e. The van der Waals surface area contributed by atoms with E-state index in [0.717, 1.165) is 88.3 Å². The third-order valence-corrected chi connectivity index (χ3v) is 17.5. The van der Waals surface area contributed by atoms with Crippen molar-refractivity contribution in [3.63, 3.8) is 0 Å². The molecule has 0 aliphatic rings. The highest BCUT2D eigenvalue weighted by Crippen LogP contribution is 2.70. The van der Waals surface area contributed by atoms with Gasteiger partial charge in [0.2, 0.25) is 0 Å². The summed E-state index contributed by atoms with van der Waals surface area (Å²) in [5.74, 6) is 0.123. The first-order chi connectivity index (χ1) is 28.6. The van der Waals surface area contributed by atoms with Crippen LogP contribution >= 0.6 is 45.6 Å². The van der Waals surface area contributed by atoms with E-state index in [-0.39, 0.29) is 17.3 Å². The number of aryl methyl sites for hydroxylation is 3. The Bertz CT molecular complexity index is 2390.